The zero-order chi connectivity index (χ0) is 18.0. The molecule has 1 N–H and O–H groups in total. The highest BCUT2D eigenvalue weighted by Gasteiger charge is 2.37. The molecule has 4 nitrogen and oxygen atoms in total. The summed E-state index contributed by atoms with van der Waals surface area (Å²) in [5, 5.41) is 3.63. The van der Waals surface area contributed by atoms with Crippen molar-refractivity contribution in [3.05, 3.63) is 29.8 Å². The van der Waals surface area contributed by atoms with Crippen LogP contribution in [-0.4, -0.2) is 46.9 Å². The second-order valence-corrected chi connectivity index (χ2v) is 8.17. The second-order valence-electron chi connectivity index (χ2n) is 8.17. The standard InChI is InChI=1S/C21H33N3O/c1-15(2)21(25)23-13-17-7-5-6-8-20(17)22-12-11-18-9-10-19(14-23)24(18)16(3)4/h5-8,15-16,18-19,22H,9-14H2,1-4H3/t18-,19+/m1/s1. The molecule has 25 heavy (non-hydrogen) atoms. The van der Waals surface area contributed by atoms with Crippen molar-refractivity contribution < 1.29 is 4.79 Å². The van der Waals surface area contributed by atoms with E-state index in [-0.39, 0.29) is 11.8 Å². The summed E-state index contributed by atoms with van der Waals surface area (Å²) in [6, 6.07) is 10.1. The van der Waals surface area contributed by atoms with Gasteiger partial charge in [0.05, 0.1) is 0 Å². The number of carbonyl (C=O) groups excluding carboxylic acids is 1. The van der Waals surface area contributed by atoms with Crippen LogP contribution < -0.4 is 5.32 Å². The smallest absolute Gasteiger partial charge is 0.225 e. The SMILES string of the molecule is CC(C)C(=O)N1Cc2ccccc2NCC[C@H]2CC[C@@H](C1)N2C(C)C. The molecule has 2 heterocycles. The first kappa shape index (κ1) is 18.2. The first-order valence-corrected chi connectivity index (χ1v) is 9.85. The van der Waals surface area contributed by atoms with E-state index in [1.54, 1.807) is 0 Å². The van der Waals surface area contributed by atoms with Gasteiger partial charge < -0.3 is 10.2 Å². The number of para-hydroxylation sites is 1. The molecular weight excluding hydrogens is 310 g/mol. The van der Waals surface area contributed by atoms with Crippen LogP contribution in [0, 0.1) is 5.92 Å². The maximum atomic E-state index is 12.9. The Hall–Kier alpha value is -1.55. The lowest BCUT2D eigenvalue weighted by Gasteiger charge is -2.36. The van der Waals surface area contributed by atoms with Crippen LogP contribution in [0.15, 0.2) is 24.3 Å². The number of amides is 1. The van der Waals surface area contributed by atoms with Crippen molar-refractivity contribution in [1.29, 1.82) is 0 Å². The van der Waals surface area contributed by atoms with Crippen LogP contribution in [0.2, 0.25) is 0 Å². The summed E-state index contributed by atoms with van der Waals surface area (Å²) in [7, 11) is 0. The van der Waals surface area contributed by atoms with Crippen LogP contribution in [0.5, 0.6) is 0 Å². The Morgan fingerprint density at radius 3 is 2.52 bits per heavy atom. The quantitative estimate of drug-likeness (QED) is 0.889. The van der Waals surface area contributed by atoms with Crippen molar-refractivity contribution >= 4 is 11.6 Å². The van der Waals surface area contributed by atoms with E-state index < -0.39 is 0 Å². The molecule has 0 unspecified atom stereocenters. The van der Waals surface area contributed by atoms with Gasteiger partial charge in [-0.15, -0.1) is 0 Å². The van der Waals surface area contributed by atoms with Gasteiger partial charge in [-0.05, 0) is 44.7 Å². The number of anilines is 1. The number of rotatable bonds is 2. The molecule has 138 valence electrons. The van der Waals surface area contributed by atoms with Gasteiger partial charge in [-0.1, -0.05) is 32.0 Å². The fourth-order valence-corrected chi connectivity index (χ4v) is 4.57. The fourth-order valence-electron chi connectivity index (χ4n) is 4.57. The van der Waals surface area contributed by atoms with Crippen LogP contribution >= 0.6 is 0 Å². The first-order valence-electron chi connectivity index (χ1n) is 9.85. The summed E-state index contributed by atoms with van der Waals surface area (Å²) in [5.41, 5.74) is 2.41. The molecule has 2 atom stereocenters. The molecule has 0 radical (unpaired) electrons. The number of hydrogen-bond acceptors (Lipinski definition) is 3. The molecule has 1 fully saturated rings. The van der Waals surface area contributed by atoms with Gasteiger partial charge in [0.25, 0.3) is 0 Å². The third-order valence-electron chi connectivity index (χ3n) is 5.68. The molecule has 2 aliphatic heterocycles. The first-order chi connectivity index (χ1) is 12.0. The average molecular weight is 344 g/mol. The van der Waals surface area contributed by atoms with E-state index in [4.69, 9.17) is 0 Å². The van der Waals surface area contributed by atoms with Crippen LogP contribution in [0.1, 0.15) is 52.5 Å². The molecule has 3 rings (SSSR count). The lowest BCUT2D eigenvalue weighted by Crippen LogP contribution is -2.48. The zero-order valence-electron chi connectivity index (χ0n) is 16.2. The Balaban J connectivity index is 1.92. The minimum Gasteiger partial charge on any atom is -0.385 e. The highest BCUT2D eigenvalue weighted by Crippen LogP contribution is 2.31. The predicted octanol–water partition coefficient (Wildman–Crippen LogP) is 3.73. The van der Waals surface area contributed by atoms with E-state index in [1.807, 2.05) is 13.8 Å². The lowest BCUT2D eigenvalue weighted by molar-refractivity contribution is -0.136. The third-order valence-corrected chi connectivity index (χ3v) is 5.68. The van der Waals surface area contributed by atoms with Crippen molar-refractivity contribution in [2.75, 3.05) is 18.4 Å². The Bertz CT molecular complexity index is 599. The Morgan fingerprint density at radius 2 is 1.80 bits per heavy atom. The maximum absolute atomic E-state index is 12.9. The predicted molar refractivity (Wildman–Crippen MR) is 104 cm³/mol. The summed E-state index contributed by atoms with van der Waals surface area (Å²) < 4.78 is 0. The van der Waals surface area contributed by atoms with Crippen molar-refractivity contribution in [1.82, 2.24) is 9.80 Å². The molecular formula is C21H33N3O. The van der Waals surface area contributed by atoms with Gasteiger partial charge in [-0.25, -0.2) is 0 Å². The Kier molecular flexibility index (Phi) is 5.67. The molecule has 2 bridgehead atoms. The highest BCUT2D eigenvalue weighted by atomic mass is 16.2. The summed E-state index contributed by atoms with van der Waals surface area (Å²) in [6.45, 7) is 11.1. The third kappa shape index (κ3) is 4.00. The minimum absolute atomic E-state index is 0.0370. The van der Waals surface area contributed by atoms with E-state index >= 15 is 0 Å². The summed E-state index contributed by atoms with van der Waals surface area (Å²) >= 11 is 0. The largest absolute Gasteiger partial charge is 0.385 e. The van der Waals surface area contributed by atoms with E-state index in [1.165, 1.54) is 30.5 Å². The van der Waals surface area contributed by atoms with E-state index in [0.717, 1.165) is 13.1 Å². The number of nitrogens with one attached hydrogen (secondary N) is 1. The summed E-state index contributed by atoms with van der Waals surface area (Å²) in [6.07, 6.45) is 3.61. The van der Waals surface area contributed by atoms with Crippen molar-refractivity contribution in [2.24, 2.45) is 5.92 Å². The summed E-state index contributed by atoms with van der Waals surface area (Å²) in [4.78, 5) is 17.7. The van der Waals surface area contributed by atoms with E-state index in [0.29, 0.717) is 24.7 Å². The zero-order valence-corrected chi connectivity index (χ0v) is 16.2. The molecule has 1 aromatic carbocycles. The van der Waals surface area contributed by atoms with Gasteiger partial charge in [0.2, 0.25) is 5.91 Å². The van der Waals surface area contributed by atoms with Gasteiger partial charge in [0.1, 0.15) is 0 Å². The molecule has 2 aliphatic rings. The Morgan fingerprint density at radius 1 is 1.08 bits per heavy atom. The maximum Gasteiger partial charge on any atom is 0.225 e. The van der Waals surface area contributed by atoms with Crippen LogP contribution in [0.3, 0.4) is 0 Å². The fraction of sp³-hybridized carbons (Fsp3) is 0.667. The van der Waals surface area contributed by atoms with Gasteiger partial charge in [0, 0.05) is 49.4 Å². The average Bonchev–Trinajstić information content (AvgIpc) is 2.95. The van der Waals surface area contributed by atoms with Crippen molar-refractivity contribution in [3.63, 3.8) is 0 Å². The molecule has 0 spiro atoms. The van der Waals surface area contributed by atoms with Gasteiger partial charge in [0.15, 0.2) is 0 Å². The number of fused-ring (bicyclic) bond motifs is 3. The van der Waals surface area contributed by atoms with E-state index in [9.17, 15) is 4.79 Å². The molecule has 1 saturated heterocycles. The number of benzene rings is 1. The molecule has 4 heteroatoms. The highest BCUT2D eigenvalue weighted by molar-refractivity contribution is 5.78. The van der Waals surface area contributed by atoms with Gasteiger partial charge in [-0.3, -0.25) is 9.69 Å². The van der Waals surface area contributed by atoms with Crippen molar-refractivity contribution in [3.8, 4) is 0 Å². The molecule has 0 aliphatic carbocycles. The summed E-state index contributed by atoms with van der Waals surface area (Å²) in [5.74, 6) is 0.302. The lowest BCUT2D eigenvalue weighted by atomic mass is 10.1. The molecule has 0 aromatic heterocycles. The molecule has 1 amide bonds. The Labute approximate surface area is 152 Å². The van der Waals surface area contributed by atoms with Gasteiger partial charge >= 0.3 is 0 Å². The molecule has 0 saturated carbocycles. The van der Waals surface area contributed by atoms with Crippen LogP contribution in [0.4, 0.5) is 5.69 Å². The van der Waals surface area contributed by atoms with Crippen LogP contribution in [0.25, 0.3) is 0 Å². The van der Waals surface area contributed by atoms with E-state index in [2.05, 4.69) is 53.2 Å². The number of hydrogen-bond donors (Lipinski definition) is 1. The van der Waals surface area contributed by atoms with Crippen molar-refractivity contribution in [2.45, 2.75) is 71.6 Å². The number of nitrogens with zero attached hydrogens (tertiary/aromatic N) is 2. The second kappa shape index (κ2) is 7.77. The monoisotopic (exact) mass is 343 g/mol. The van der Waals surface area contributed by atoms with Crippen LogP contribution in [-0.2, 0) is 11.3 Å². The molecule has 1 aromatic rings. The normalized spacial score (nSPS) is 24.8. The van der Waals surface area contributed by atoms with Gasteiger partial charge in [-0.2, -0.15) is 0 Å². The number of carbonyl (C=O) groups is 1. The topological polar surface area (TPSA) is 35.6 Å². The minimum atomic E-state index is 0.0370.